The van der Waals surface area contributed by atoms with Gasteiger partial charge in [0.25, 0.3) is 0 Å². The lowest BCUT2D eigenvalue weighted by Gasteiger charge is -2.31. The van der Waals surface area contributed by atoms with E-state index >= 15 is 0 Å². The molecule has 15 heavy (non-hydrogen) atoms. The van der Waals surface area contributed by atoms with Crippen molar-refractivity contribution in [3.8, 4) is 0 Å². The second-order valence-corrected chi connectivity index (χ2v) is 5.35. The molecule has 1 fully saturated rings. The number of hydrogen-bond acceptors (Lipinski definition) is 3. The predicted molar refractivity (Wildman–Crippen MR) is 61.5 cm³/mol. The Kier molecular flexibility index (Phi) is 3.73. The molecule has 88 valence electrons. The summed E-state index contributed by atoms with van der Waals surface area (Å²) in [4.78, 5) is 15.7. The van der Waals surface area contributed by atoms with Crippen molar-refractivity contribution in [3.63, 3.8) is 0 Å². The van der Waals surface area contributed by atoms with E-state index in [1.807, 2.05) is 14.1 Å². The average molecular weight is 213 g/mol. The molecule has 0 aromatic heterocycles. The molecular formula is C11H23N3O. The van der Waals surface area contributed by atoms with Crippen molar-refractivity contribution in [1.29, 1.82) is 0 Å². The number of carbonyl (C=O) groups is 1. The van der Waals surface area contributed by atoms with Crippen LogP contribution in [0.1, 0.15) is 20.3 Å². The van der Waals surface area contributed by atoms with Gasteiger partial charge in [-0.3, -0.25) is 9.69 Å². The quantitative estimate of drug-likeness (QED) is 0.722. The van der Waals surface area contributed by atoms with Crippen molar-refractivity contribution < 1.29 is 4.79 Å². The lowest BCUT2D eigenvalue weighted by Crippen LogP contribution is -2.45. The van der Waals surface area contributed by atoms with Gasteiger partial charge in [0.15, 0.2) is 0 Å². The highest BCUT2D eigenvalue weighted by Gasteiger charge is 2.34. The van der Waals surface area contributed by atoms with Crippen molar-refractivity contribution in [2.75, 3.05) is 33.7 Å². The summed E-state index contributed by atoms with van der Waals surface area (Å²) >= 11 is 0. The standard InChI is InChI=1S/C11H23N3O/c1-11(2,7-12)8-14(4)9-5-6-13(3)10(9)15/h9H,5-8,12H2,1-4H3. The molecule has 4 heteroatoms. The molecule has 0 spiro atoms. The fraction of sp³-hybridized carbons (Fsp3) is 0.909. The first kappa shape index (κ1) is 12.5. The van der Waals surface area contributed by atoms with Gasteiger partial charge in [-0.1, -0.05) is 13.8 Å². The van der Waals surface area contributed by atoms with E-state index in [2.05, 4.69) is 18.7 Å². The first-order valence-electron chi connectivity index (χ1n) is 5.53. The summed E-state index contributed by atoms with van der Waals surface area (Å²) in [6, 6.07) is 0.0563. The molecule has 0 aromatic carbocycles. The topological polar surface area (TPSA) is 49.6 Å². The van der Waals surface area contributed by atoms with Crippen LogP contribution < -0.4 is 5.73 Å². The van der Waals surface area contributed by atoms with Gasteiger partial charge in [-0.25, -0.2) is 0 Å². The fourth-order valence-electron chi connectivity index (χ4n) is 2.06. The van der Waals surface area contributed by atoms with Crippen LogP contribution in [0, 0.1) is 5.41 Å². The number of nitrogens with zero attached hydrogens (tertiary/aromatic N) is 2. The monoisotopic (exact) mass is 213 g/mol. The highest BCUT2D eigenvalue weighted by molar-refractivity contribution is 5.83. The van der Waals surface area contributed by atoms with Gasteiger partial charge < -0.3 is 10.6 Å². The number of likely N-dealkylation sites (tertiary alicyclic amines) is 1. The van der Waals surface area contributed by atoms with E-state index in [1.165, 1.54) is 0 Å². The summed E-state index contributed by atoms with van der Waals surface area (Å²) in [6.45, 7) is 6.65. The summed E-state index contributed by atoms with van der Waals surface area (Å²) in [5.74, 6) is 0.241. The van der Waals surface area contributed by atoms with E-state index in [9.17, 15) is 4.79 Å². The number of nitrogens with two attached hydrogens (primary N) is 1. The van der Waals surface area contributed by atoms with Crippen molar-refractivity contribution >= 4 is 5.91 Å². The molecule has 4 nitrogen and oxygen atoms in total. The van der Waals surface area contributed by atoms with Crippen LogP contribution in [0.2, 0.25) is 0 Å². The van der Waals surface area contributed by atoms with Gasteiger partial charge in [0, 0.05) is 20.1 Å². The van der Waals surface area contributed by atoms with Crippen LogP contribution in [0.25, 0.3) is 0 Å². The minimum atomic E-state index is 0.0563. The van der Waals surface area contributed by atoms with Gasteiger partial charge in [0.05, 0.1) is 6.04 Å². The molecule has 1 unspecified atom stereocenters. The zero-order valence-electron chi connectivity index (χ0n) is 10.3. The van der Waals surface area contributed by atoms with Crippen molar-refractivity contribution in [1.82, 2.24) is 9.80 Å². The number of rotatable bonds is 4. The zero-order valence-corrected chi connectivity index (χ0v) is 10.3. The van der Waals surface area contributed by atoms with E-state index in [0.29, 0.717) is 6.54 Å². The number of carbonyl (C=O) groups excluding carboxylic acids is 1. The molecule has 1 rings (SSSR count). The average Bonchev–Trinajstić information content (AvgIpc) is 2.47. The van der Waals surface area contributed by atoms with Crippen molar-refractivity contribution in [3.05, 3.63) is 0 Å². The Morgan fingerprint density at radius 3 is 2.60 bits per heavy atom. The Morgan fingerprint density at radius 2 is 2.20 bits per heavy atom. The Hall–Kier alpha value is -0.610. The first-order valence-corrected chi connectivity index (χ1v) is 5.53. The summed E-state index contributed by atoms with van der Waals surface area (Å²) < 4.78 is 0. The Morgan fingerprint density at radius 1 is 1.60 bits per heavy atom. The van der Waals surface area contributed by atoms with E-state index in [-0.39, 0.29) is 17.4 Å². The minimum absolute atomic E-state index is 0.0563. The number of amides is 1. The van der Waals surface area contributed by atoms with E-state index < -0.39 is 0 Å². The van der Waals surface area contributed by atoms with Crippen LogP contribution >= 0.6 is 0 Å². The second kappa shape index (κ2) is 4.49. The zero-order chi connectivity index (χ0) is 11.6. The van der Waals surface area contributed by atoms with E-state index in [4.69, 9.17) is 5.73 Å². The molecule has 0 aliphatic carbocycles. The molecule has 0 bridgehead atoms. The fourth-order valence-corrected chi connectivity index (χ4v) is 2.06. The predicted octanol–water partition coefficient (Wildman–Crippen LogP) is 0.134. The van der Waals surface area contributed by atoms with Gasteiger partial charge >= 0.3 is 0 Å². The van der Waals surface area contributed by atoms with Gasteiger partial charge in [-0.2, -0.15) is 0 Å². The van der Waals surface area contributed by atoms with Gasteiger partial charge in [-0.15, -0.1) is 0 Å². The Bertz CT molecular complexity index is 240. The molecule has 1 amide bonds. The highest BCUT2D eigenvalue weighted by Crippen LogP contribution is 2.20. The lowest BCUT2D eigenvalue weighted by atomic mass is 9.92. The third-order valence-corrected chi connectivity index (χ3v) is 3.16. The van der Waals surface area contributed by atoms with E-state index in [0.717, 1.165) is 19.5 Å². The largest absolute Gasteiger partial charge is 0.344 e. The molecule has 1 aliphatic heterocycles. The maximum atomic E-state index is 11.8. The van der Waals surface area contributed by atoms with Gasteiger partial charge in [-0.05, 0) is 25.4 Å². The minimum Gasteiger partial charge on any atom is -0.344 e. The maximum Gasteiger partial charge on any atom is 0.239 e. The van der Waals surface area contributed by atoms with Crippen LogP contribution in [0.5, 0.6) is 0 Å². The van der Waals surface area contributed by atoms with Crippen LogP contribution in [-0.4, -0.2) is 55.5 Å². The highest BCUT2D eigenvalue weighted by atomic mass is 16.2. The Balaban J connectivity index is 2.55. The SMILES string of the molecule is CN1CCC(N(C)CC(C)(C)CN)C1=O. The van der Waals surface area contributed by atoms with Crippen LogP contribution in [0.3, 0.4) is 0 Å². The lowest BCUT2D eigenvalue weighted by molar-refractivity contribution is -0.130. The molecule has 1 saturated heterocycles. The molecule has 2 N–H and O–H groups in total. The van der Waals surface area contributed by atoms with Crippen molar-refractivity contribution in [2.24, 2.45) is 11.1 Å². The van der Waals surface area contributed by atoms with Crippen LogP contribution in [-0.2, 0) is 4.79 Å². The summed E-state index contributed by atoms with van der Waals surface area (Å²) in [5.41, 5.74) is 5.77. The van der Waals surface area contributed by atoms with Crippen LogP contribution in [0.15, 0.2) is 0 Å². The normalized spacial score (nSPS) is 22.9. The van der Waals surface area contributed by atoms with Crippen molar-refractivity contribution in [2.45, 2.75) is 26.3 Å². The first-order chi connectivity index (χ1) is 6.87. The summed E-state index contributed by atoms with van der Waals surface area (Å²) in [6.07, 6.45) is 0.937. The molecule has 0 aromatic rings. The third kappa shape index (κ3) is 2.92. The molecule has 1 aliphatic rings. The second-order valence-electron chi connectivity index (χ2n) is 5.35. The Labute approximate surface area is 92.4 Å². The molecule has 0 radical (unpaired) electrons. The van der Waals surface area contributed by atoms with Gasteiger partial charge in [0.1, 0.15) is 0 Å². The molecule has 1 atom stereocenters. The maximum absolute atomic E-state index is 11.8. The molecule has 1 heterocycles. The van der Waals surface area contributed by atoms with Crippen LogP contribution in [0.4, 0.5) is 0 Å². The number of likely N-dealkylation sites (N-methyl/N-ethyl adjacent to an activating group) is 2. The van der Waals surface area contributed by atoms with E-state index in [1.54, 1.807) is 4.90 Å². The van der Waals surface area contributed by atoms with Gasteiger partial charge in [0.2, 0.25) is 5.91 Å². The number of hydrogen-bond donors (Lipinski definition) is 1. The summed E-state index contributed by atoms with van der Waals surface area (Å²) in [7, 11) is 3.88. The molecular weight excluding hydrogens is 190 g/mol. The third-order valence-electron chi connectivity index (χ3n) is 3.16. The smallest absolute Gasteiger partial charge is 0.239 e. The molecule has 0 saturated carbocycles. The summed E-state index contributed by atoms with van der Waals surface area (Å²) in [5, 5.41) is 0.